The molecule has 0 radical (unpaired) electrons. The quantitative estimate of drug-likeness (QED) is 0.558. The molecule has 11 heavy (non-hydrogen) atoms. The van der Waals surface area contributed by atoms with Gasteiger partial charge in [0.2, 0.25) is 5.91 Å². The number of rotatable bonds is 1. The van der Waals surface area contributed by atoms with Gasteiger partial charge < -0.3 is 11.1 Å². The van der Waals surface area contributed by atoms with Crippen molar-refractivity contribution in [3.8, 4) is 0 Å². The number of amides is 1. The predicted molar refractivity (Wildman–Crippen MR) is 41.9 cm³/mol. The van der Waals surface area contributed by atoms with Crippen molar-refractivity contribution >= 4 is 5.91 Å². The van der Waals surface area contributed by atoms with Gasteiger partial charge in [0.25, 0.3) is 0 Å². The topological polar surface area (TPSA) is 55.1 Å². The molecule has 1 aliphatic carbocycles. The van der Waals surface area contributed by atoms with E-state index >= 15 is 0 Å². The van der Waals surface area contributed by atoms with Gasteiger partial charge >= 0.3 is 0 Å². The zero-order valence-corrected chi connectivity index (χ0v) is 6.55. The summed E-state index contributed by atoms with van der Waals surface area (Å²) >= 11 is 0. The largest absolute Gasteiger partial charge is 0.368 e. The van der Waals surface area contributed by atoms with Crippen molar-refractivity contribution in [2.24, 2.45) is 11.7 Å². The molecule has 0 aromatic carbocycles. The van der Waals surface area contributed by atoms with E-state index in [0.717, 1.165) is 12.3 Å². The van der Waals surface area contributed by atoms with Crippen LogP contribution in [0.1, 0.15) is 25.7 Å². The summed E-state index contributed by atoms with van der Waals surface area (Å²) in [5.74, 6) is 0.548. The lowest BCUT2D eigenvalue weighted by Crippen LogP contribution is -2.39. The molecular weight excluding hydrogens is 140 g/mol. The molecule has 3 heteroatoms. The van der Waals surface area contributed by atoms with Gasteiger partial charge in [-0.25, -0.2) is 0 Å². The van der Waals surface area contributed by atoms with Crippen LogP contribution in [0, 0.1) is 5.92 Å². The lowest BCUT2D eigenvalue weighted by atomic mass is 10.0. The molecular formula is C8H14N2O. The third kappa shape index (κ3) is 1.13. The smallest absolute Gasteiger partial charge is 0.234 e. The average Bonchev–Trinajstić information content (AvgIpc) is 2.40. The summed E-state index contributed by atoms with van der Waals surface area (Å²) < 4.78 is 0. The Balaban J connectivity index is 1.99. The van der Waals surface area contributed by atoms with Crippen molar-refractivity contribution in [1.29, 1.82) is 0 Å². The van der Waals surface area contributed by atoms with Crippen molar-refractivity contribution in [3.63, 3.8) is 0 Å². The van der Waals surface area contributed by atoms with Crippen LogP contribution in [0.5, 0.6) is 0 Å². The Morgan fingerprint density at radius 1 is 1.45 bits per heavy atom. The molecule has 0 bridgehead atoms. The van der Waals surface area contributed by atoms with Crippen molar-refractivity contribution in [2.75, 3.05) is 0 Å². The SMILES string of the molecule is NC(=O)[C@H]1C[C@H]2CCC[C@H]2N1. The second-order valence-corrected chi connectivity index (χ2v) is 3.65. The highest BCUT2D eigenvalue weighted by Gasteiger charge is 2.38. The summed E-state index contributed by atoms with van der Waals surface area (Å²) in [4.78, 5) is 10.8. The molecule has 1 aliphatic heterocycles. The number of primary amides is 1. The van der Waals surface area contributed by atoms with Gasteiger partial charge in [-0.15, -0.1) is 0 Å². The van der Waals surface area contributed by atoms with Crippen LogP contribution in [0.4, 0.5) is 0 Å². The zero-order chi connectivity index (χ0) is 7.84. The monoisotopic (exact) mass is 154 g/mol. The van der Waals surface area contributed by atoms with Crippen molar-refractivity contribution in [1.82, 2.24) is 5.32 Å². The van der Waals surface area contributed by atoms with Crippen LogP contribution < -0.4 is 11.1 Å². The van der Waals surface area contributed by atoms with Crippen LogP contribution in [0.15, 0.2) is 0 Å². The Hall–Kier alpha value is -0.570. The first kappa shape index (κ1) is 7.10. The number of hydrogen-bond donors (Lipinski definition) is 2. The first-order valence-electron chi connectivity index (χ1n) is 4.33. The summed E-state index contributed by atoms with van der Waals surface area (Å²) in [6, 6.07) is 0.554. The number of fused-ring (bicyclic) bond motifs is 1. The van der Waals surface area contributed by atoms with E-state index < -0.39 is 0 Å². The number of hydrogen-bond acceptors (Lipinski definition) is 2. The van der Waals surface area contributed by atoms with Crippen LogP contribution in [-0.4, -0.2) is 18.0 Å². The second kappa shape index (κ2) is 2.48. The molecule has 3 atom stereocenters. The Labute approximate surface area is 66.3 Å². The van der Waals surface area contributed by atoms with Gasteiger partial charge in [-0.05, 0) is 25.2 Å². The van der Waals surface area contributed by atoms with Gasteiger partial charge in [0.15, 0.2) is 0 Å². The predicted octanol–water partition coefficient (Wildman–Crippen LogP) is 0.00230. The Morgan fingerprint density at radius 3 is 2.91 bits per heavy atom. The van der Waals surface area contributed by atoms with Crippen molar-refractivity contribution in [3.05, 3.63) is 0 Å². The summed E-state index contributed by atoms with van der Waals surface area (Å²) in [5.41, 5.74) is 5.20. The first-order chi connectivity index (χ1) is 5.27. The van der Waals surface area contributed by atoms with E-state index in [0.29, 0.717) is 6.04 Å². The van der Waals surface area contributed by atoms with Gasteiger partial charge in [-0.2, -0.15) is 0 Å². The minimum Gasteiger partial charge on any atom is -0.368 e. The minimum atomic E-state index is -0.181. The Morgan fingerprint density at radius 2 is 2.27 bits per heavy atom. The maximum atomic E-state index is 10.8. The Kier molecular flexibility index (Phi) is 1.60. The highest BCUT2D eigenvalue weighted by molar-refractivity contribution is 5.80. The highest BCUT2D eigenvalue weighted by atomic mass is 16.1. The molecule has 1 heterocycles. The molecule has 1 saturated carbocycles. The van der Waals surface area contributed by atoms with Gasteiger partial charge in [0.05, 0.1) is 6.04 Å². The summed E-state index contributed by atoms with van der Waals surface area (Å²) in [5, 5.41) is 3.28. The van der Waals surface area contributed by atoms with Gasteiger partial charge in [0, 0.05) is 6.04 Å². The van der Waals surface area contributed by atoms with Crippen LogP contribution >= 0.6 is 0 Å². The maximum absolute atomic E-state index is 10.8. The molecule has 1 saturated heterocycles. The minimum absolute atomic E-state index is 0.0368. The highest BCUT2D eigenvalue weighted by Crippen LogP contribution is 2.34. The van der Waals surface area contributed by atoms with Crippen LogP contribution in [-0.2, 0) is 4.79 Å². The third-order valence-electron chi connectivity index (χ3n) is 2.96. The zero-order valence-electron chi connectivity index (χ0n) is 6.55. The fourth-order valence-electron chi connectivity index (χ4n) is 2.37. The van der Waals surface area contributed by atoms with Crippen molar-refractivity contribution < 1.29 is 4.79 Å². The van der Waals surface area contributed by atoms with Gasteiger partial charge in [-0.1, -0.05) is 6.42 Å². The third-order valence-corrected chi connectivity index (χ3v) is 2.96. The van der Waals surface area contributed by atoms with Gasteiger partial charge in [-0.3, -0.25) is 4.79 Å². The molecule has 0 spiro atoms. The summed E-state index contributed by atoms with van der Waals surface area (Å²) in [6.07, 6.45) is 4.80. The fourth-order valence-corrected chi connectivity index (χ4v) is 2.37. The Bertz CT molecular complexity index is 169. The normalized spacial score (nSPS) is 42.4. The van der Waals surface area contributed by atoms with E-state index in [2.05, 4.69) is 5.32 Å². The van der Waals surface area contributed by atoms with Crippen molar-refractivity contribution in [2.45, 2.75) is 37.8 Å². The van der Waals surface area contributed by atoms with E-state index in [1.807, 2.05) is 0 Å². The van der Waals surface area contributed by atoms with Crippen LogP contribution in [0.25, 0.3) is 0 Å². The molecule has 2 fully saturated rings. The van der Waals surface area contributed by atoms with E-state index in [1.54, 1.807) is 0 Å². The molecule has 1 amide bonds. The second-order valence-electron chi connectivity index (χ2n) is 3.65. The van der Waals surface area contributed by atoms with E-state index in [1.165, 1.54) is 19.3 Å². The fraction of sp³-hybridized carbons (Fsp3) is 0.875. The van der Waals surface area contributed by atoms with Crippen LogP contribution in [0.3, 0.4) is 0 Å². The number of nitrogens with one attached hydrogen (secondary N) is 1. The summed E-state index contributed by atoms with van der Waals surface area (Å²) in [6.45, 7) is 0. The molecule has 3 nitrogen and oxygen atoms in total. The molecule has 62 valence electrons. The lowest BCUT2D eigenvalue weighted by Gasteiger charge is -2.08. The van der Waals surface area contributed by atoms with E-state index in [-0.39, 0.29) is 11.9 Å². The molecule has 0 unspecified atom stereocenters. The van der Waals surface area contributed by atoms with Gasteiger partial charge in [0.1, 0.15) is 0 Å². The molecule has 3 N–H and O–H groups in total. The number of carbonyl (C=O) groups excluding carboxylic acids is 1. The molecule has 0 aromatic heterocycles. The summed E-state index contributed by atoms with van der Waals surface area (Å²) in [7, 11) is 0. The number of nitrogens with two attached hydrogens (primary N) is 1. The maximum Gasteiger partial charge on any atom is 0.234 e. The first-order valence-corrected chi connectivity index (χ1v) is 4.33. The van der Waals surface area contributed by atoms with E-state index in [4.69, 9.17) is 5.73 Å². The average molecular weight is 154 g/mol. The molecule has 0 aromatic rings. The standard InChI is InChI=1S/C8H14N2O/c9-8(11)7-4-5-2-1-3-6(5)10-7/h5-7,10H,1-4H2,(H2,9,11)/t5-,6-,7-/m1/s1. The molecule has 2 rings (SSSR count). The van der Waals surface area contributed by atoms with Crippen LogP contribution in [0.2, 0.25) is 0 Å². The number of carbonyl (C=O) groups is 1. The molecule has 2 aliphatic rings. The van der Waals surface area contributed by atoms with E-state index in [9.17, 15) is 4.79 Å². The lowest BCUT2D eigenvalue weighted by molar-refractivity contribution is -0.119.